The average molecular weight is 408 g/mol. The third-order valence-corrected chi connectivity index (χ3v) is 4.59. The number of hydrogen-bond acceptors (Lipinski definition) is 1. The topological polar surface area (TPSA) is 3.24 Å². The van der Waals surface area contributed by atoms with Gasteiger partial charge in [0, 0.05) is 28.0 Å². The molecule has 0 spiro atoms. The standard InChI is InChI=1S/C14H19BrIN/c15-9-10-17(14-3-1-2-4-14)11-12-5-7-13(16)8-6-12/h5-8,14H,1-4,9-11H2. The highest BCUT2D eigenvalue weighted by molar-refractivity contribution is 14.1. The molecule has 0 bridgehead atoms. The number of rotatable bonds is 5. The molecule has 1 aromatic rings. The van der Waals surface area contributed by atoms with Crippen LogP contribution in [0.5, 0.6) is 0 Å². The molecule has 2 rings (SSSR count). The highest BCUT2D eigenvalue weighted by Gasteiger charge is 2.21. The second-order valence-corrected chi connectivity index (χ2v) is 6.76. The van der Waals surface area contributed by atoms with Crippen molar-refractivity contribution >= 4 is 38.5 Å². The van der Waals surface area contributed by atoms with Crippen LogP contribution in [-0.4, -0.2) is 22.8 Å². The number of halogens is 2. The van der Waals surface area contributed by atoms with Crippen molar-refractivity contribution in [2.45, 2.75) is 38.3 Å². The van der Waals surface area contributed by atoms with E-state index in [9.17, 15) is 0 Å². The molecular formula is C14H19BrIN. The van der Waals surface area contributed by atoms with E-state index in [2.05, 4.69) is 67.7 Å². The van der Waals surface area contributed by atoms with Gasteiger partial charge in [-0.1, -0.05) is 40.9 Å². The van der Waals surface area contributed by atoms with Crippen molar-refractivity contribution in [2.75, 3.05) is 11.9 Å². The van der Waals surface area contributed by atoms with Crippen LogP contribution in [0.25, 0.3) is 0 Å². The van der Waals surface area contributed by atoms with Crippen LogP contribution in [-0.2, 0) is 6.54 Å². The molecule has 0 unspecified atom stereocenters. The fourth-order valence-corrected chi connectivity index (χ4v) is 3.41. The highest BCUT2D eigenvalue weighted by atomic mass is 127. The van der Waals surface area contributed by atoms with Gasteiger partial charge < -0.3 is 0 Å². The van der Waals surface area contributed by atoms with Gasteiger partial charge >= 0.3 is 0 Å². The highest BCUT2D eigenvalue weighted by Crippen LogP contribution is 2.25. The summed E-state index contributed by atoms with van der Waals surface area (Å²) in [6.07, 6.45) is 5.60. The van der Waals surface area contributed by atoms with Crippen LogP contribution in [0.1, 0.15) is 31.2 Å². The van der Waals surface area contributed by atoms with E-state index in [1.807, 2.05) is 0 Å². The summed E-state index contributed by atoms with van der Waals surface area (Å²) < 4.78 is 1.32. The Hall–Kier alpha value is 0.390. The molecule has 17 heavy (non-hydrogen) atoms. The van der Waals surface area contributed by atoms with E-state index >= 15 is 0 Å². The fraction of sp³-hybridized carbons (Fsp3) is 0.571. The van der Waals surface area contributed by atoms with Crippen molar-refractivity contribution in [1.29, 1.82) is 0 Å². The summed E-state index contributed by atoms with van der Waals surface area (Å²) in [4.78, 5) is 2.64. The first-order valence-electron chi connectivity index (χ1n) is 6.34. The molecule has 1 saturated carbocycles. The minimum absolute atomic E-state index is 0.812. The summed E-state index contributed by atoms with van der Waals surface area (Å²) in [7, 11) is 0. The predicted molar refractivity (Wildman–Crippen MR) is 85.6 cm³/mol. The summed E-state index contributed by atoms with van der Waals surface area (Å²) >= 11 is 5.94. The Labute approximate surface area is 126 Å². The quantitative estimate of drug-likeness (QED) is 0.515. The molecule has 0 N–H and O–H groups in total. The minimum Gasteiger partial charge on any atom is -0.295 e. The Morgan fingerprint density at radius 1 is 1.18 bits per heavy atom. The normalized spacial score (nSPS) is 16.9. The van der Waals surface area contributed by atoms with Crippen molar-refractivity contribution in [1.82, 2.24) is 4.90 Å². The van der Waals surface area contributed by atoms with Crippen molar-refractivity contribution < 1.29 is 0 Å². The van der Waals surface area contributed by atoms with Gasteiger partial charge in [-0.25, -0.2) is 0 Å². The van der Waals surface area contributed by atoms with Crippen LogP contribution in [0.3, 0.4) is 0 Å². The Balaban J connectivity index is 1.98. The smallest absolute Gasteiger partial charge is 0.0237 e. The first kappa shape index (κ1) is 13.8. The molecule has 1 nitrogen and oxygen atoms in total. The molecule has 0 aliphatic heterocycles. The van der Waals surface area contributed by atoms with Crippen LogP contribution in [0.15, 0.2) is 24.3 Å². The van der Waals surface area contributed by atoms with Gasteiger partial charge in [0.05, 0.1) is 0 Å². The number of benzene rings is 1. The lowest BCUT2D eigenvalue weighted by Crippen LogP contribution is -2.34. The third kappa shape index (κ3) is 4.21. The van der Waals surface area contributed by atoms with E-state index in [0.717, 1.165) is 24.5 Å². The Kier molecular flexibility index (Phi) is 5.77. The molecule has 94 valence electrons. The molecule has 0 heterocycles. The van der Waals surface area contributed by atoms with Crippen molar-refractivity contribution in [3.63, 3.8) is 0 Å². The van der Waals surface area contributed by atoms with Gasteiger partial charge in [0.15, 0.2) is 0 Å². The van der Waals surface area contributed by atoms with E-state index in [-0.39, 0.29) is 0 Å². The Morgan fingerprint density at radius 2 is 1.82 bits per heavy atom. The van der Waals surface area contributed by atoms with Crippen molar-refractivity contribution in [2.24, 2.45) is 0 Å². The van der Waals surface area contributed by atoms with Gasteiger partial charge in [0.1, 0.15) is 0 Å². The summed E-state index contributed by atoms with van der Waals surface area (Å²) in [5.74, 6) is 0. The first-order chi connectivity index (χ1) is 8.29. The average Bonchev–Trinajstić information content (AvgIpc) is 2.85. The Bertz CT molecular complexity index is 333. The zero-order chi connectivity index (χ0) is 12.1. The van der Waals surface area contributed by atoms with E-state index in [4.69, 9.17) is 0 Å². The van der Waals surface area contributed by atoms with Gasteiger partial charge in [-0.15, -0.1) is 0 Å². The number of nitrogens with zero attached hydrogens (tertiary/aromatic N) is 1. The second kappa shape index (κ2) is 7.10. The second-order valence-electron chi connectivity index (χ2n) is 4.72. The maximum absolute atomic E-state index is 3.58. The van der Waals surface area contributed by atoms with Crippen molar-refractivity contribution in [3.05, 3.63) is 33.4 Å². The minimum atomic E-state index is 0.812. The zero-order valence-corrected chi connectivity index (χ0v) is 13.8. The van der Waals surface area contributed by atoms with Gasteiger partial charge in [-0.05, 0) is 53.1 Å². The molecule has 0 saturated heterocycles. The third-order valence-electron chi connectivity index (χ3n) is 3.51. The summed E-state index contributed by atoms with van der Waals surface area (Å²) in [6.45, 7) is 2.27. The Morgan fingerprint density at radius 3 is 2.41 bits per heavy atom. The van der Waals surface area contributed by atoms with Crippen LogP contribution in [0.4, 0.5) is 0 Å². The SMILES string of the molecule is BrCCN(Cc1ccc(I)cc1)C1CCCC1. The van der Waals surface area contributed by atoms with Crippen molar-refractivity contribution in [3.8, 4) is 0 Å². The van der Waals surface area contributed by atoms with E-state index in [1.165, 1.54) is 34.8 Å². The molecule has 0 amide bonds. The van der Waals surface area contributed by atoms with Gasteiger partial charge in [0.2, 0.25) is 0 Å². The maximum Gasteiger partial charge on any atom is 0.0237 e. The van der Waals surface area contributed by atoms with Gasteiger partial charge in [-0.3, -0.25) is 4.90 Å². The van der Waals surface area contributed by atoms with Gasteiger partial charge in [-0.2, -0.15) is 0 Å². The monoisotopic (exact) mass is 407 g/mol. The molecule has 1 aliphatic carbocycles. The summed E-state index contributed by atoms with van der Waals surface area (Å²) in [5.41, 5.74) is 1.44. The predicted octanol–water partition coefficient (Wildman–Crippen LogP) is 4.43. The zero-order valence-electron chi connectivity index (χ0n) is 10.0. The maximum atomic E-state index is 3.58. The molecular weight excluding hydrogens is 389 g/mol. The molecule has 3 heteroatoms. The van der Waals surface area contributed by atoms with E-state index in [1.54, 1.807) is 0 Å². The van der Waals surface area contributed by atoms with E-state index < -0.39 is 0 Å². The molecule has 0 radical (unpaired) electrons. The van der Waals surface area contributed by atoms with Crippen LogP contribution >= 0.6 is 38.5 Å². The lowest BCUT2D eigenvalue weighted by atomic mass is 10.1. The van der Waals surface area contributed by atoms with Crippen LogP contribution in [0, 0.1) is 3.57 Å². The summed E-state index contributed by atoms with van der Waals surface area (Å²) in [6, 6.07) is 9.75. The molecule has 1 aliphatic rings. The summed E-state index contributed by atoms with van der Waals surface area (Å²) in [5, 5.41) is 1.08. The molecule has 0 aromatic heterocycles. The largest absolute Gasteiger partial charge is 0.295 e. The number of alkyl halides is 1. The molecule has 1 fully saturated rings. The lowest BCUT2D eigenvalue weighted by molar-refractivity contribution is 0.202. The van der Waals surface area contributed by atoms with Crippen LogP contribution < -0.4 is 0 Å². The lowest BCUT2D eigenvalue weighted by Gasteiger charge is -2.28. The fourth-order valence-electron chi connectivity index (χ4n) is 2.59. The molecule has 1 aromatic carbocycles. The van der Waals surface area contributed by atoms with Gasteiger partial charge in [0.25, 0.3) is 0 Å². The van der Waals surface area contributed by atoms with Crippen LogP contribution in [0.2, 0.25) is 0 Å². The van der Waals surface area contributed by atoms with E-state index in [0.29, 0.717) is 0 Å². The number of hydrogen-bond donors (Lipinski definition) is 0. The first-order valence-corrected chi connectivity index (χ1v) is 8.54. The molecule has 0 atom stereocenters.